The molecule has 0 N–H and O–H groups in total. The van der Waals surface area contributed by atoms with Crippen LogP contribution in [-0.4, -0.2) is 24.6 Å². The number of carbonyl (C=O) groups is 2. The van der Waals surface area contributed by atoms with Crippen molar-refractivity contribution in [3.8, 4) is 0 Å². The fourth-order valence-electron chi connectivity index (χ4n) is 2.88. The normalized spacial score (nSPS) is 13.1. The molecule has 0 fully saturated rings. The van der Waals surface area contributed by atoms with E-state index in [9.17, 15) is 9.59 Å². The Bertz CT molecular complexity index is 538. The molecule has 0 aliphatic carbocycles. The maximum atomic E-state index is 12.6. The lowest BCUT2D eigenvalue weighted by Crippen LogP contribution is -2.26. The standard InChI is InChI=1S/C21H32O4/c1-5-8-11-15-24-20(22)17-13-9-10-14-18(17)21(23)25-19(7-3)16(4)12-6-2/h9-10,13-14,16,19H,5-8,11-12,15H2,1-4H3. The van der Waals surface area contributed by atoms with Gasteiger partial charge in [0.25, 0.3) is 0 Å². The highest BCUT2D eigenvalue weighted by atomic mass is 16.5. The van der Waals surface area contributed by atoms with Crippen molar-refractivity contribution < 1.29 is 19.1 Å². The fraction of sp³-hybridized carbons (Fsp3) is 0.619. The molecule has 0 aromatic heterocycles. The zero-order chi connectivity index (χ0) is 18.7. The van der Waals surface area contributed by atoms with E-state index in [0.29, 0.717) is 12.5 Å². The summed E-state index contributed by atoms with van der Waals surface area (Å²) in [7, 11) is 0. The molecule has 0 aliphatic rings. The summed E-state index contributed by atoms with van der Waals surface area (Å²) in [6.07, 6.45) is 5.60. The van der Waals surface area contributed by atoms with Gasteiger partial charge in [0.05, 0.1) is 17.7 Å². The van der Waals surface area contributed by atoms with Crippen LogP contribution in [0.2, 0.25) is 0 Å². The van der Waals surface area contributed by atoms with Crippen LogP contribution in [0.15, 0.2) is 24.3 Å². The van der Waals surface area contributed by atoms with E-state index in [2.05, 4.69) is 20.8 Å². The number of rotatable bonds is 11. The van der Waals surface area contributed by atoms with Gasteiger partial charge in [-0.2, -0.15) is 0 Å². The average Bonchev–Trinajstić information content (AvgIpc) is 2.63. The Morgan fingerprint density at radius 3 is 2.16 bits per heavy atom. The molecule has 0 heterocycles. The van der Waals surface area contributed by atoms with Gasteiger partial charge in [0.15, 0.2) is 0 Å². The molecule has 1 aromatic carbocycles. The van der Waals surface area contributed by atoms with E-state index in [-0.39, 0.29) is 17.2 Å². The Morgan fingerprint density at radius 2 is 1.60 bits per heavy atom. The first-order chi connectivity index (χ1) is 12.0. The van der Waals surface area contributed by atoms with Gasteiger partial charge in [-0.15, -0.1) is 0 Å². The lowest BCUT2D eigenvalue weighted by molar-refractivity contribution is 0.0132. The Hall–Kier alpha value is -1.84. The van der Waals surface area contributed by atoms with Crippen LogP contribution in [0.3, 0.4) is 0 Å². The first-order valence-corrected chi connectivity index (χ1v) is 9.52. The second-order valence-electron chi connectivity index (χ2n) is 6.51. The minimum Gasteiger partial charge on any atom is -0.462 e. The summed E-state index contributed by atoms with van der Waals surface area (Å²) in [5.74, 6) is -0.610. The minimum absolute atomic E-state index is 0.138. The molecule has 4 heteroatoms. The largest absolute Gasteiger partial charge is 0.462 e. The zero-order valence-corrected chi connectivity index (χ0v) is 16.0. The Morgan fingerprint density at radius 1 is 0.960 bits per heavy atom. The third-order valence-corrected chi connectivity index (χ3v) is 4.39. The Kier molecular flexibility index (Phi) is 9.90. The van der Waals surface area contributed by atoms with Crippen LogP contribution in [0.1, 0.15) is 86.9 Å². The second kappa shape index (κ2) is 11.7. The van der Waals surface area contributed by atoms with E-state index in [4.69, 9.17) is 9.47 Å². The van der Waals surface area contributed by atoms with Crippen molar-refractivity contribution in [1.82, 2.24) is 0 Å². The van der Waals surface area contributed by atoms with Crippen LogP contribution in [0.5, 0.6) is 0 Å². The Labute approximate surface area is 151 Å². The van der Waals surface area contributed by atoms with E-state index < -0.39 is 11.9 Å². The number of esters is 2. The smallest absolute Gasteiger partial charge is 0.339 e. The molecule has 140 valence electrons. The van der Waals surface area contributed by atoms with Crippen LogP contribution < -0.4 is 0 Å². The molecular weight excluding hydrogens is 316 g/mol. The summed E-state index contributed by atoms with van der Waals surface area (Å²) < 4.78 is 11.0. The van der Waals surface area contributed by atoms with Crippen molar-refractivity contribution in [2.24, 2.45) is 5.92 Å². The number of hydrogen-bond acceptors (Lipinski definition) is 4. The van der Waals surface area contributed by atoms with Crippen molar-refractivity contribution in [1.29, 1.82) is 0 Å². The average molecular weight is 348 g/mol. The highest BCUT2D eigenvalue weighted by Gasteiger charge is 2.24. The van der Waals surface area contributed by atoms with Crippen LogP contribution >= 0.6 is 0 Å². The van der Waals surface area contributed by atoms with E-state index in [0.717, 1.165) is 38.5 Å². The Balaban J connectivity index is 2.80. The summed E-state index contributed by atoms with van der Waals surface area (Å²) in [5.41, 5.74) is 0.562. The van der Waals surface area contributed by atoms with E-state index in [1.54, 1.807) is 24.3 Å². The van der Waals surface area contributed by atoms with E-state index in [1.807, 2.05) is 6.92 Å². The first-order valence-electron chi connectivity index (χ1n) is 9.52. The highest BCUT2D eigenvalue weighted by molar-refractivity contribution is 6.03. The van der Waals surface area contributed by atoms with Gasteiger partial charge < -0.3 is 9.47 Å². The molecule has 0 aliphatic heterocycles. The lowest BCUT2D eigenvalue weighted by atomic mass is 9.97. The van der Waals surface area contributed by atoms with Crippen LogP contribution in [-0.2, 0) is 9.47 Å². The zero-order valence-electron chi connectivity index (χ0n) is 16.0. The van der Waals surface area contributed by atoms with Gasteiger partial charge in [-0.3, -0.25) is 0 Å². The highest BCUT2D eigenvalue weighted by Crippen LogP contribution is 2.20. The van der Waals surface area contributed by atoms with Crippen LogP contribution in [0.4, 0.5) is 0 Å². The minimum atomic E-state index is -0.460. The van der Waals surface area contributed by atoms with Crippen molar-refractivity contribution in [3.05, 3.63) is 35.4 Å². The maximum Gasteiger partial charge on any atom is 0.339 e. The summed E-state index contributed by atoms with van der Waals surface area (Å²) in [5, 5.41) is 0. The molecule has 4 nitrogen and oxygen atoms in total. The molecule has 0 radical (unpaired) electrons. The monoisotopic (exact) mass is 348 g/mol. The summed E-state index contributed by atoms with van der Waals surface area (Å²) in [6, 6.07) is 6.72. The summed E-state index contributed by atoms with van der Waals surface area (Å²) >= 11 is 0. The van der Waals surface area contributed by atoms with Crippen LogP contribution in [0, 0.1) is 5.92 Å². The predicted octanol–water partition coefficient (Wildman–Crippen LogP) is 5.41. The number of unbranched alkanes of at least 4 members (excludes halogenated alkanes) is 2. The van der Waals surface area contributed by atoms with E-state index in [1.165, 1.54) is 0 Å². The van der Waals surface area contributed by atoms with Gasteiger partial charge in [0, 0.05) is 0 Å². The SMILES string of the molecule is CCCCCOC(=O)c1ccccc1C(=O)OC(CC)C(C)CCC. The summed E-state index contributed by atoms with van der Waals surface area (Å²) in [6.45, 7) is 8.70. The predicted molar refractivity (Wildman–Crippen MR) is 99.8 cm³/mol. The molecule has 0 saturated carbocycles. The van der Waals surface area contributed by atoms with Crippen LogP contribution in [0.25, 0.3) is 0 Å². The molecule has 0 amide bonds. The van der Waals surface area contributed by atoms with Gasteiger partial charge in [-0.05, 0) is 37.3 Å². The van der Waals surface area contributed by atoms with Crippen molar-refractivity contribution >= 4 is 11.9 Å². The topological polar surface area (TPSA) is 52.6 Å². The lowest BCUT2D eigenvalue weighted by Gasteiger charge is -2.23. The third kappa shape index (κ3) is 6.89. The van der Waals surface area contributed by atoms with Gasteiger partial charge in [-0.1, -0.05) is 59.1 Å². The van der Waals surface area contributed by atoms with Crippen molar-refractivity contribution in [2.75, 3.05) is 6.61 Å². The van der Waals surface area contributed by atoms with Crippen molar-refractivity contribution in [2.45, 2.75) is 72.3 Å². The molecule has 25 heavy (non-hydrogen) atoms. The maximum absolute atomic E-state index is 12.6. The molecule has 2 atom stereocenters. The van der Waals surface area contributed by atoms with Gasteiger partial charge in [0.1, 0.15) is 6.10 Å². The molecule has 1 rings (SSSR count). The second-order valence-corrected chi connectivity index (χ2v) is 6.51. The summed E-state index contributed by atoms with van der Waals surface area (Å²) in [4.78, 5) is 24.9. The van der Waals surface area contributed by atoms with Gasteiger partial charge in [-0.25, -0.2) is 9.59 Å². The molecular formula is C21H32O4. The third-order valence-electron chi connectivity index (χ3n) is 4.39. The molecule has 0 bridgehead atoms. The molecule has 0 saturated heterocycles. The molecule has 2 unspecified atom stereocenters. The fourth-order valence-corrected chi connectivity index (χ4v) is 2.88. The number of ether oxygens (including phenoxy) is 2. The quantitative estimate of drug-likeness (QED) is 0.396. The first kappa shape index (κ1) is 21.2. The number of carbonyl (C=O) groups excluding carboxylic acids is 2. The number of hydrogen-bond donors (Lipinski definition) is 0. The number of benzene rings is 1. The van der Waals surface area contributed by atoms with Gasteiger partial charge in [0.2, 0.25) is 0 Å². The molecule has 0 spiro atoms. The molecule has 1 aromatic rings. The van der Waals surface area contributed by atoms with Crippen molar-refractivity contribution in [3.63, 3.8) is 0 Å². The van der Waals surface area contributed by atoms with E-state index >= 15 is 0 Å². The van der Waals surface area contributed by atoms with Gasteiger partial charge >= 0.3 is 11.9 Å².